The van der Waals surface area contributed by atoms with Crippen molar-refractivity contribution in [2.75, 3.05) is 5.75 Å². The highest BCUT2D eigenvalue weighted by atomic mass is 35.5. The molecule has 2 aromatic carbocycles. The first-order valence-electron chi connectivity index (χ1n) is 9.76. The van der Waals surface area contributed by atoms with Crippen molar-refractivity contribution in [2.45, 2.75) is 24.7 Å². The Morgan fingerprint density at radius 3 is 2.84 bits per heavy atom. The van der Waals surface area contributed by atoms with E-state index in [-0.39, 0.29) is 17.7 Å². The highest BCUT2D eigenvalue weighted by Gasteiger charge is 2.19. The van der Waals surface area contributed by atoms with Crippen LogP contribution in [0.5, 0.6) is 0 Å². The number of furan rings is 1. The quantitative estimate of drug-likeness (QED) is 0.282. The molecule has 4 rings (SSSR count). The second-order valence-electron chi connectivity index (χ2n) is 6.99. The Morgan fingerprint density at radius 2 is 2.06 bits per heavy atom. The summed E-state index contributed by atoms with van der Waals surface area (Å²) in [5.74, 6) is 1.31. The smallest absolute Gasteiger partial charge is 0.230 e. The molecule has 31 heavy (non-hydrogen) atoms. The molecule has 158 valence electrons. The fourth-order valence-corrected chi connectivity index (χ4v) is 4.17. The van der Waals surface area contributed by atoms with E-state index in [4.69, 9.17) is 16.0 Å². The lowest BCUT2D eigenvalue weighted by Gasteiger charge is -2.14. The highest BCUT2D eigenvalue weighted by molar-refractivity contribution is 7.99. The minimum Gasteiger partial charge on any atom is -0.453 e. The van der Waals surface area contributed by atoms with Crippen LogP contribution in [0.4, 0.5) is 0 Å². The molecule has 0 aliphatic carbocycles. The van der Waals surface area contributed by atoms with E-state index < -0.39 is 0 Å². The zero-order chi connectivity index (χ0) is 21.8. The Hall–Kier alpha value is -3.03. The Bertz CT molecular complexity index is 1220. The lowest BCUT2D eigenvalue weighted by atomic mass is 10.1. The lowest BCUT2D eigenvalue weighted by Crippen LogP contribution is -2.28. The second-order valence-corrected chi connectivity index (χ2v) is 8.37. The molecular formula is C23H21ClN4O2S. The van der Waals surface area contributed by atoms with Crippen LogP contribution in [-0.2, 0) is 11.3 Å². The second kappa shape index (κ2) is 9.41. The summed E-state index contributed by atoms with van der Waals surface area (Å²) in [4.78, 5) is 12.5. The number of hydrogen-bond donors (Lipinski definition) is 1. The number of benzene rings is 2. The summed E-state index contributed by atoms with van der Waals surface area (Å²) in [6, 6.07) is 17.1. The topological polar surface area (TPSA) is 73.0 Å². The predicted molar refractivity (Wildman–Crippen MR) is 124 cm³/mol. The van der Waals surface area contributed by atoms with Gasteiger partial charge in [0, 0.05) is 17.0 Å². The molecule has 8 heteroatoms. The van der Waals surface area contributed by atoms with Gasteiger partial charge in [0.1, 0.15) is 5.58 Å². The molecule has 0 saturated carbocycles. The van der Waals surface area contributed by atoms with Gasteiger partial charge in [0.2, 0.25) is 11.7 Å². The number of amides is 1. The number of rotatable bonds is 8. The highest BCUT2D eigenvalue weighted by Crippen LogP contribution is 2.30. The van der Waals surface area contributed by atoms with E-state index in [1.165, 1.54) is 11.8 Å². The molecule has 0 saturated heterocycles. The molecule has 1 N–H and O–H groups in total. The van der Waals surface area contributed by atoms with Crippen molar-refractivity contribution in [3.63, 3.8) is 0 Å². The number of aromatic nitrogens is 3. The van der Waals surface area contributed by atoms with E-state index >= 15 is 0 Å². The van der Waals surface area contributed by atoms with Gasteiger partial charge in [-0.1, -0.05) is 59.8 Å². The maximum Gasteiger partial charge on any atom is 0.230 e. The zero-order valence-corrected chi connectivity index (χ0v) is 18.5. The first kappa shape index (κ1) is 21.2. The first-order valence-corrected chi connectivity index (χ1v) is 11.1. The third kappa shape index (κ3) is 4.84. The molecule has 0 aliphatic rings. The number of nitrogens with one attached hydrogen (secondary N) is 1. The third-order valence-corrected chi connectivity index (χ3v) is 5.94. The fraction of sp³-hybridized carbons (Fsp3) is 0.174. The minimum atomic E-state index is -0.0746. The van der Waals surface area contributed by atoms with Gasteiger partial charge in [0.05, 0.1) is 11.8 Å². The number of fused-ring (bicyclic) bond motifs is 1. The molecule has 2 aromatic heterocycles. The summed E-state index contributed by atoms with van der Waals surface area (Å²) < 4.78 is 7.81. The van der Waals surface area contributed by atoms with Crippen LogP contribution in [0.3, 0.4) is 0 Å². The summed E-state index contributed by atoms with van der Waals surface area (Å²) in [5, 5.41) is 13.7. The van der Waals surface area contributed by atoms with Crippen LogP contribution in [0.2, 0.25) is 5.02 Å². The molecule has 0 spiro atoms. The molecule has 1 amide bonds. The number of hydrogen-bond acceptors (Lipinski definition) is 5. The number of thioether (sulfide) groups is 1. The first-order chi connectivity index (χ1) is 15.0. The number of nitrogens with zero attached hydrogens (tertiary/aromatic N) is 3. The van der Waals surface area contributed by atoms with Crippen molar-refractivity contribution in [2.24, 2.45) is 0 Å². The van der Waals surface area contributed by atoms with Crippen LogP contribution in [-0.4, -0.2) is 26.4 Å². The van der Waals surface area contributed by atoms with Crippen LogP contribution in [0.25, 0.3) is 22.6 Å². The number of halogens is 1. The zero-order valence-electron chi connectivity index (χ0n) is 16.9. The van der Waals surface area contributed by atoms with Crippen molar-refractivity contribution < 1.29 is 9.21 Å². The van der Waals surface area contributed by atoms with Gasteiger partial charge in [0.25, 0.3) is 0 Å². The summed E-state index contributed by atoms with van der Waals surface area (Å²) in [6.45, 7) is 6.27. The lowest BCUT2D eigenvalue weighted by molar-refractivity contribution is -0.119. The van der Waals surface area contributed by atoms with Gasteiger partial charge in [-0.15, -0.1) is 16.8 Å². The molecule has 1 unspecified atom stereocenters. The van der Waals surface area contributed by atoms with Gasteiger partial charge >= 0.3 is 0 Å². The molecule has 0 bridgehead atoms. The van der Waals surface area contributed by atoms with Crippen molar-refractivity contribution >= 4 is 40.2 Å². The van der Waals surface area contributed by atoms with Gasteiger partial charge in [-0.2, -0.15) is 0 Å². The molecule has 0 aliphatic heterocycles. The monoisotopic (exact) mass is 452 g/mol. The molecule has 0 radical (unpaired) electrons. The summed E-state index contributed by atoms with van der Waals surface area (Å²) >= 11 is 7.40. The number of carbonyl (C=O) groups is 1. The summed E-state index contributed by atoms with van der Waals surface area (Å²) in [6.07, 6.45) is 1.76. The largest absolute Gasteiger partial charge is 0.453 e. The Balaban J connectivity index is 1.49. The van der Waals surface area contributed by atoms with Crippen molar-refractivity contribution in [3.8, 4) is 11.6 Å². The predicted octanol–water partition coefficient (Wildman–Crippen LogP) is 5.50. The van der Waals surface area contributed by atoms with Crippen molar-refractivity contribution in [3.05, 3.63) is 77.8 Å². The van der Waals surface area contributed by atoms with Crippen LogP contribution < -0.4 is 5.32 Å². The van der Waals surface area contributed by atoms with E-state index in [1.54, 1.807) is 12.1 Å². The Kier molecular flexibility index (Phi) is 6.44. The molecule has 1 atom stereocenters. The van der Waals surface area contributed by atoms with E-state index in [0.29, 0.717) is 28.3 Å². The van der Waals surface area contributed by atoms with E-state index in [9.17, 15) is 4.79 Å². The maximum absolute atomic E-state index is 12.5. The average Bonchev–Trinajstić information content (AvgIpc) is 3.36. The van der Waals surface area contributed by atoms with Gasteiger partial charge in [0.15, 0.2) is 10.9 Å². The molecule has 4 aromatic rings. The van der Waals surface area contributed by atoms with Crippen molar-refractivity contribution in [1.29, 1.82) is 0 Å². The van der Waals surface area contributed by atoms with Crippen LogP contribution >= 0.6 is 23.4 Å². The van der Waals surface area contributed by atoms with E-state index in [0.717, 1.165) is 16.5 Å². The average molecular weight is 453 g/mol. The van der Waals surface area contributed by atoms with Gasteiger partial charge < -0.3 is 9.73 Å². The van der Waals surface area contributed by atoms with Crippen LogP contribution in [0.1, 0.15) is 18.5 Å². The minimum absolute atomic E-state index is 0.0710. The summed E-state index contributed by atoms with van der Waals surface area (Å²) in [5.41, 5.74) is 1.78. The fourth-order valence-electron chi connectivity index (χ4n) is 3.23. The van der Waals surface area contributed by atoms with Crippen LogP contribution in [0, 0.1) is 0 Å². The molecule has 6 nitrogen and oxygen atoms in total. The normalized spacial score (nSPS) is 12.1. The maximum atomic E-state index is 12.5. The molecular weight excluding hydrogens is 432 g/mol. The summed E-state index contributed by atoms with van der Waals surface area (Å²) in [7, 11) is 0. The Labute approximate surface area is 189 Å². The molecule has 0 fully saturated rings. The van der Waals surface area contributed by atoms with Gasteiger partial charge in [-0.3, -0.25) is 9.36 Å². The Morgan fingerprint density at radius 1 is 1.26 bits per heavy atom. The molecule has 2 heterocycles. The number of carbonyl (C=O) groups excluding carboxylic acids is 1. The van der Waals surface area contributed by atoms with E-state index in [1.807, 2.05) is 60.0 Å². The van der Waals surface area contributed by atoms with Crippen molar-refractivity contribution in [1.82, 2.24) is 20.1 Å². The standard InChI is InChI=1S/C23H21ClN4O2S/c1-3-11-28-22(20-13-17-12-18(24)9-10-19(17)30-20)26-27-23(28)31-14-21(29)25-15(2)16-7-5-4-6-8-16/h3-10,12-13,15H,1,11,14H2,2H3,(H,25,29). The number of allylic oxidation sites excluding steroid dienone is 1. The van der Waals surface area contributed by atoms with Crippen LogP contribution in [0.15, 0.2) is 76.8 Å². The van der Waals surface area contributed by atoms with Gasteiger partial charge in [-0.05, 0) is 36.8 Å². The van der Waals surface area contributed by atoms with Gasteiger partial charge in [-0.25, -0.2) is 0 Å². The third-order valence-electron chi connectivity index (χ3n) is 4.74. The van der Waals surface area contributed by atoms with E-state index in [2.05, 4.69) is 22.1 Å². The SMILES string of the molecule is C=CCn1c(SCC(=O)NC(C)c2ccccc2)nnc1-c1cc2cc(Cl)ccc2o1.